The van der Waals surface area contributed by atoms with E-state index in [-0.39, 0.29) is 0 Å². The van der Waals surface area contributed by atoms with Crippen molar-refractivity contribution in [3.05, 3.63) is 0 Å². The minimum absolute atomic E-state index is 0.624. The molecule has 4 heteroatoms. The van der Waals surface area contributed by atoms with Crippen molar-refractivity contribution >= 4 is 0 Å². The number of aliphatic hydroxyl groups excluding tert-OH is 2. The van der Waals surface area contributed by atoms with Crippen LogP contribution in [0.15, 0.2) is 0 Å². The highest BCUT2D eigenvalue weighted by atomic mass is 16.5. The van der Waals surface area contributed by atoms with E-state index in [1.54, 1.807) is 0 Å². The molecule has 4 nitrogen and oxygen atoms in total. The minimum Gasteiger partial charge on any atom is -0.373 e. The van der Waals surface area contributed by atoms with E-state index in [9.17, 15) is 0 Å². The van der Waals surface area contributed by atoms with Crippen LogP contribution in [0.4, 0.5) is 0 Å². The van der Waals surface area contributed by atoms with Gasteiger partial charge in [0.2, 0.25) is 0 Å². The van der Waals surface area contributed by atoms with E-state index in [4.69, 9.17) is 15.3 Å². The third-order valence-electron chi connectivity index (χ3n) is 1.67. The molecule has 4 N–H and O–H groups in total. The maximum atomic E-state index is 8.87. The molecule has 0 aliphatic rings. The summed E-state index contributed by atoms with van der Waals surface area (Å²) in [5.41, 5.74) is 0. The third kappa shape index (κ3) is 6.54. The third-order valence-corrected chi connectivity index (χ3v) is 1.67. The van der Waals surface area contributed by atoms with E-state index in [1.807, 2.05) is 0 Å². The molecule has 0 radical (unpaired) electrons. The van der Waals surface area contributed by atoms with Gasteiger partial charge in [0.05, 0.1) is 0 Å². The molecule has 0 aliphatic carbocycles. The summed E-state index contributed by atoms with van der Waals surface area (Å²) in [6, 6.07) is 0. The van der Waals surface area contributed by atoms with Crippen LogP contribution in [0.25, 0.3) is 0 Å². The SMILES string of the molecule is CCCCCCNC(O)C(O)O. The van der Waals surface area contributed by atoms with Crippen molar-refractivity contribution in [2.75, 3.05) is 6.54 Å². The molecule has 0 heterocycles. The minimum atomic E-state index is -1.68. The van der Waals surface area contributed by atoms with Crippen LogP contribution in [0.5, 0.6) is 0 Å². The fourth-order valence-corrected chi connectivity index (χ4v) is 0.907. The van der Waals surface area contributed by atoms with Gasteiger partial charge in [-0.1, -0.05) is 26.2 Å². The maximum Gasteiger partial charge on any atom is 0.192 e. The first kappa shape index (κ1) is 11.8. The molecule has 0 spiro atoms. The summed E-state index contributed by atoms with van der Waals surface area (Å²) in [5, 5.41) is 28.4. The Hall–Kier alpha value is -0.160. The largest absolute Gasteiger partial charge is 0.373 e. The predicted molar refractivity (Wildman–Crippen MR) is 46.4 cm³/mol. The Morgan fingerprint density at radius 1 is 1.08 bits per heavy atom. The van der Waals surface area contributed by atoms with E-state index in [0.29, 0.717) is 6.54 Å². The Morgan fingerprint density at radius 2 is 1.75 bits per heavy atom. The number of rotatable bonds is 7. The van der Waals surface area contributed by atoms with Crippen LogP contribution >= 0.6 is 0 Å². The Bertz CT molecular complexity index is 98.3. The van der Waals surface area contributed by atoms with Gasteiger partial charge < -0.3 is 15.3 Å². The Kier molecular flexibility index (Phi) is 7.39. The molecule has 0 aromatic heterocycles. The lowest BCUT2D eigenvalue weighted by Crippen LogP contribution is -2.39. The molecule has 74 valence electrons. The summed E-state index contributed by atoms with van der Waals surface area (Å²) in [6.07, 6.45) is 1.52. The first-order valence-corrected chi connectivity index (χ1v) is 4.46. The van der Waals surface area contributed by atoms with Crippen LogP contribution in [-0.2, 0) is 0 Å². The van der Waals surface area contributed by atoms with Gasteiger partial charge >= 0.3 is 0 Å². The smallest absolute Gasteiger partial charge is 0.192 e. The molecule has 0 aromatic rings. The molecule has 0 aliphatic heterocycles. The van der Waals surface area contributed by atoms with Crippen LogP contribution in [0.1, 0.15) is 32.6 Å². The van der Waals surface area contributed by atoms with Crippen LogP contribution in [0.2, 0.25) is 0 Å². The van der Waals surface area contributed by atoms with Gasteiger partial charge in [-0.2, -0.15) is 0 Å². The van der Waals surface area contributed by atoms with Gasteiger partial charge in [-0.25, -0.2) is 0 Å². The second-order valence-electron chi connectivity index (χ2n) is 2.87. The van der Waals surface area contributed by atoms with Crippen molar-refractivity contribution in [2.45, 2.75) is 45.1 Å². The fourth-order valence-electron chi connectivity index (χ4n) is 0.907. The normalized spacial score (nSPS) is 13.8. The summed E-state index contributed by atoms with van der Waals surface area (Å²) in [6.45, 7) is 2.75. The molecule has 0 bridgehead atoms. The Labute approximate surface area is 73.2 Å². The summed E-state index contributed by atoms with van der Waals surface area (Å²) >= 11 is 0. The molecule has 0 rings (SSSR count). The van der Waals surface area contributed by atoms with Gasteiger partial charge in [-0.05, 0) is 13.0 Å². The van der Waals surface area contributed by atoms with Gasteiger partial charge in [0, 0.05) is 0 Å². The standard InChI is InChI=1S/C8H19NO3/c1-2-3-4-5-6-9-7(10)8(11)12/h7-12H,2-6H2,1H3. The fraction of sp³-hybridized carbons (Fsp3) is 1.00. The zero-order valence-corrected chi connectivity index (χ0v) is 7.53. The highest BCUT2D eigenvalue weighted by Crippen LogP contribution is 1.97. The number of nitrogens with one attached hydrogen (secondary N) is 1. The van der Waals surface area contributed by atoms with E-state index < -0.39 is 12.5 Å². The average Bonchev–Trinajstić information content (AvgIpc) is 2.03. The van der Waals surface area contributed by atoms with Crippen molar-refractivity contribution in [1.29, 1.82) is 0 Å². The quantitative estimate of drug-likeness (QED) is 0.320. The maximum absolute atomic E-state index is 8.87. The molecule has 0 fully saturated rings. The topological polar surface area (TPSA) is 72.7 Å². The Morgan fingerprint density at radius 3 is 2.25 bits per heavy atom. The average molecular weight is 177 g/mol. The van der Waals surface area contributed by atoms with E-state index in [1.165, 1.54) is 12.8 Å². The number of unbranched alkanes of at least 4 members (excludes halogenated alkanes) is 3. The van der Waals surface area contributed by atoms with Crippen LogP contribution in [0, 0.1) is 0 Å². The zero-order chi connectivity index (χ0) is 9.40. The predicted octanol–water partition coefficient (Wildman–Crippen LogP) is -0.215. The van der Waals surface area contributed by atoms with Crippen molar-refractivity contribution in [3.8, 4) is 0 Å². The molecule has 1 unspecified atom stereocenters. The monoisotopic (exact) mass is 177 g/mol. The molecule has 12 heavy (non-hydrogen) atoms. The molecule has 0 amide bonds. The van der Waals surface area contributed by atoms with Crippen molar-refractivity contribution in [2.24, 2.45) is 0 Å². The summed E-state index contributed by atoms with van der Waals surface area (Å²) in [7, 11) is 0. The van der Waals surface area contributed by atoms with Crippen LogP contribution in [0.3, 0.4) is 0 Å². The van der Waals surface area contributed by atoms with Gasteiger partial charge in [0.25, 0.3) is 0 Å². The summed E-state index contributed by atoms with van der Waals surface area (Å²) < 4.78 is 0. The number of hydrogen-bond acceptors (Lipinski definition) is 4. The lowest BCUT2D eigenvalue weighted by Gasteiger charge is -2.13. The van der Waals surface area contributed by atoms with Gasteiger partial charge in [0.1, 0.15) is 0 Å². The first-order chi connectivity index (χ1) is 5.68. The summed E-state index contributed by atoms with van der Waals surface area (Å²) in [5.74, 6) is 0. The molecule has 0 saturated heterocycles. The molecule has 0 saturated carbocycles. The van der Waals surface area contributed by atoms with Gasteiger partial charge in [-0.3, -0.25) is 5.32 Å². The van der Waals surface area contributed by atoms with Gasteiger partial charge in [0.15, 0.2) is 12.5 Å². The van der Waals surface area contributed by atoms with Crippen molar-refractivity contribution < 1.29 is 15.3 Å². The first-order valence-electron chi connectivity index (χ1n) is 4.46. The van der Waals surface area contributed by atoms with Crippen molar-refractivity contribution in [1.82, 2.24) is 5.32 Å². The van der Waals surface area contributed by atoms with E-state index in [0.717, 1.165) is 12.8 Å². The molecule has 0 aromatic carbocycles. The molecular formula is C8H19NO3. The van der Waals surface area contributed by atoms with Crippen LogP contribution < -0.4 is 5.32 Å². The van der Waals surface area contributed by atoms with E-state index >= 15 is 0 Å². The second kappa shape index (κ2) is 7.49. The van der Waals surface area contributed by atoms with Crippen molar-refractivity contribution in [3.63, 3.8) is 0 Å². The Balaban J connectivity index is 3.08. The molecule has 1 atom stereocenters. The zero-order valence-electron chi connectivity index (χ0n) is 7.53. The van der Waals surface area contributed by atoms with Crippen LogP contribution in [-0.4, -0.2) is 34.4 Å². The highest BCUT2D eigenvalue weighted by Gasteiger charge is 2.09. The lowest BCUT2D eigenvalue weighted by molar-refractivity contribution is -0.132. The van der Waals surface area contributed by atoms with E-state index in [2.05, 4.69) is 12.2 Å². The second-order valence-corrected chi connectivity index (χ2v) is 2.87. The number of hydrogen-bond donors (Lipinski definition) is 4. The lowest BCUT2D eigenvalue weighted by atomic mass is 10.2. The molecular weight excluding hydrogens is 158 g/mol. The highest BCUT2D eigenvalue weighted by molar-refractivity contribution is 4.54. The summed E-state index contributed by atoms with van der Waals surface area (Å²) in [4.78, 5) is 0. The van der Waals surface area contributed by atoms with Gasteiger partial charge in [-0.15, -0.1) is 0 Å². The number of aliphatic hydroxyl groups is 3.